The molecule has 0 unspecified atom stereocenters. The molecule has 18 heavy (non-hydrogen) atoms. The molecule has 0 atom stereocenters. The Labute approximate surface area is 105 Å². The second-order valence-electron chi connectivity index (χ2n) is 4.10. The lowest BCUT2D eigenvalue weighted by atomic mass is 10.1. The summed E-state index contributed by atoms with van der Waals surface area (Å²) in [5.41, 5.74) is 3.12. The van der Waals surface area contributed by atoms with E-state index < -0.39 is 0 Å². The Morgan fingerprint density at radius 1 is 1.17 bits per heavy atom. The molecule has 3 aromatic rings. The molecule has 4 nitrogen and oxygen atoms in total. The smallest absolute Gasteiger partial charge is 0.118 e. The molecule has 0 saturated heterocycles. The zero-order chi connectivity index (χ0) is 12.4. The van der Waals surface area contributed by atoms with Crippen molar-refractivity contribution in [3.8, 4) is 5.75 Å². The van der Waals surface area contributed by atoms with Crippen LogP contribution in [0.25, 0.3) is 11.0 Å². The summed E-state index contributed by atoms with van der Waals surface area (Å²) >= 11 is 0. The van der Waals surface area contributed by atoms with E-state index in [2.05, 4.69) is 15.0 Å². The van der Waals surface area contributed by atoms with Gasteiger partial charge in [-0.3, -0.25) is 4.98 Å². The molecule has 1 aromatic carbocycles. The van der Waals surface area contributed by atoms with Crippen LogP contribution < -0.4 is 4.74 Å². The second kappa shape index (κ2) is 4.49. The number of pyridine rings is 1. The lowest BCUT2D eigenvalue weighted by molar-refractivity contribution is 0.414. The van der Waals surface area contributed by atoms with Crippen molar-refractivity contribution in [2.45, 2.75) is 6.42 Å². The molecule has 0 fully saturated rings. The topological polar surface area (TPSA) is 50.8 Å². The van der Waals surface area contributed by atoms with Crippen molar-refractivity contribution in [1.29, 1.82) is 0 Å². The van der Waals surface area contributed by atoms with E-state index in [-0.39, 0.29) is 0 Å². The van der Waals surface area contributed by atoms with Crippen molar-refractivity contribution >= 4 is 11.0 Å². The van der Waals surface area contributed by atoms with E-state index >= 15 is 0 Å². The molecule has 2 heterocycles. The summed E-state index contributed by atoms with van der Waals surface area (Å²) in [5.74, 6) is 1.82. The number of aromatic nitrogens is 3. The van der Waals surface area contributed by atoms with Gasteiger partial charge in [0.2, 0.25) is 0 Å². The molecular weight excluding hydrogens is 226 g/mol. The van der Waals surface area contributed by atoms with Gasteiger partial charge in [0.05, 0.1) is 24.3 Å². The first-order chi connectivity index (χ1) is 8.85. The van der Waals surface area contributed by atoms with E-state index in [9.17, 15) is 0 Å². The first-order valence-corrected chi connectivity index (χ1v) is 5.77. The molecule has 4 heteroatoms. The van der Waals surface area contributed by atoms with Crippen LogP contribution in [0.1, 0.15) is 11.4 Å². The van der Waals surface area contributed by atoms with Gasteiger partial charge < -0.3 is 9.72 Å². The van der Waals surface area contributed by atoms with E-state index in [1.165, 1.54) is 5.56 Å². The molecule has 0 aliphatic carbocycles. The number of aromatic amines is 1. The van der Waals surface area contributed by atoms with E-state index in [1.54, 1.807) is 19.5 Å². The number of nitrogens with zero attached hydrogens (tertiary/aromatic N) is 2. The maximum absolute atomic E-state index is 5.14. The molecule has 1 N–H and O–H groups in total. The summed E-state index contributed by atoms with van der Waals surface area (Å²) in [4.78, 5) is 11.9. The maximum atomic E-state index is 5.14. The number of fused-ring (bicyclic) bond motifs is 1. The first-order valence-electron chi connectivity index (χ1n) is 5.77. The van der Waals surface area contributed by atoms with Crippen LogP contribution >= 0.6 is 0 Å². The molecule has 3 rings (SSSR count). The minimum absolute atomic E-state index is 0.776. The third-order valence-corrected chi connectivity index (χ3v) is 2.86. The van der Waals surface area contributed by atoms with Gasteiger partial charge in [0.25, 0.3) is 0 Å². The standard InChI is InChI=1S/C14H13N3O/c1-18-11-4-2-10(3-5-11)8-14-16-12-6-7-15-9-13(12)17-14/h2-7,9H,8H2,1H3,(H,16,17). The third kappa shape index (κ3) is 2.05. The van der Waals surface area contributed by atoms with Crippen LogP contribution in [0.5, 0.6) is 5.75 Å². The van der Waals surface area contributed by atoms with Gasteiger partial charge in [-0.15, -0.1) is 0 Å². The summed E-state index contributed by atoms with van der Waals surface area (Å²) in [5, 5.41) is 0. The number of hydrogen-bond acceptors (Lipinski definition) is 3. The molecule has 0 aliphatic heterocycles. The van der Waals surface area contributed by atoms with Crippen LogP contribution in [0, 0.1) is 0 Å². The lowest BCUT2D eigenvalue weighted by Gasteiger charge is -2.01. The maximum Gasteiger partial charge on any atom is 0.118 e. The molecule has 0 aliphatic rings. The normalized spacial score (nSPS) is 10.7. The number of imidazole rings is 1. The van der Waals surface area contributed by atoms with Crippen molar-refractivity contribution < 1.29 is 4.74 Å². The van der Waals surface area contributed by atoms with Gasteiger partial charge in [-0.1, -0.05) is 12.1 Å². The molecule has 2 aromatic heterocycles. The molecule has 90 valence electrons. The number of H-pyrrole nitrogens is 1. The Morgan fingerprint density at radius 2 is 2.00 bits per heavy atom. The van der Waals surface area contributed by atoms with Gasteiger partial charge in [-0.2, -0.15) is 0 Å². The number of hydrogen-bond donors (Lipinski definition) is 1. The van der Waals surface area contributed by atoms with Crippen molar-refractivity contribution in [2.75, 3.05) is 7.11 Å². The quantitative estimate of drug-likeness (QED) is 0.764. The average Bonchev–Trinajstić information content (AvgIpc) is 2.82. The van der Waals surface area contributed by atoms with Gasteiger partial charge in [0.1, 0.15) is 11.6 Å². The van der Waals surface area contributed by atoms with Crippen molar-refractivity contribution in [3.05, 3.63) is 54.1 Å². The first kappa shape index (κ1) is 10.8. The SMILES string of the molecule is COc1ccc(Cc2nc3ccncc3[nH]2)cc1. The predicted octanol–water partition coefficient (Wildman–Crippen LogP) is 2.56. The van der Waals surface area contributed by atoms with E-state index in [0.717, 1.165) is 29.0 Å². The fourth-order valence-electron chi connectivity index (χ4n) is 1.93. The van der Waals surface area contributed by atoms with E-state index in [1.807, 2.05) is 30.3 Å². The van der Waals surface area contributed by atoms with Crippen molar-refractivity contribution in [2.24, 2.45) is 0 Å². The number of methoxy groups -OCH3 is 1. The van der Waals surface area contributed by atoms with Gasteiger partial charge in [-0.05, 0) is 23.8 Å². The summed E-state index contributed by atoms with van der Waals surface area (Å²) in [6.45, 7) is 0. The monoisotopic (exact) mass is 239 g/mol. The second-order valence-corrected chi connectivity index (χ2v) is 4.10. The highest BCUT2D eigenvalue weighted by Crippen LogP contribution is 2.15. The highest BCUT2D eigenvalue weighted by atomic mass is 16.5. The molecule has 0 amide bonds. The molecular formula is C14H13N3O. The zero-order valence-electron chi connectivity index (χ0n) is 10.1. The molecule has 0 spiro atoms. The number of nitrogens with one attached hydrogen (secondary N) is 1. The summed E-state index contributed by atoms with van der Waals surface area (Å²) < 4.78 is 5.14. The van der Waals surface area contributed by atoms with Gasteiger partial charge in [0.15, 0.2) is 0 Å². The van der Waals surface area contributed by atoms with Gasteiger partial charge in [0, 0.05) is 12.6 Å². The van der Waals surface area contributed by atoms with Crippen molar-refractivity contribution in [1.82, 2.24) is 15.0 Å². The number of benzene rings is 1. The predicted molar refractivity (Wildman–Crippen MR) is 69.7 cm³/mol. The highest BCUT2D eigenvalue weighted by molar-refractivity contribution is 5.73. The zero-order valence-corrected chi connectivity index (χ0v) is 10.1. The van der Waals surface area contributed by atoms with Gasteiger partial charge >= 0.3 is 0 Å². The van der Waals surface area contributed by atoms with Crippen LogP contribution in [0.2, 0.25) is 0 Å². The lowest BCUT2D eigenvalue weighted by Crippen LogP contribution is -1.91. The van der Waals surface area contributed by atoms with Crippen LogP contribution in [0.15, 0.2) is 42.7 Å². The highest BCUT2D eigenvalue weighted by Gasteiger charge is 2.03. The molecule has 0 bridgehead atoms. The van der Waals surface area contributed by atoms with E-state index in [0.29, 0.717) is 0 Å². The average molecular weight is 239 g/mol. The largest absolute Gasteiger partial charge is 0.497 e. The van der Waals surface area contributed by atoms with Crippen LogP contribution in [-0.4, -0.2) is 22.1 Å². The van der Waals surface area contributed by atoms with Crippen LogP contribution in [0.4, 0.5) is 0 Å². The van der Waals surface area contributed by atoms with Crippen molar-refractivity contribution in [3.63, 3.8) is 0 Å². The third-order valence-electron chi connectivity index (χ3n) is 2.86. The summed E-state index contributed by atoms with van der Waals surface area (Å²) in [7, 11) is 1.67. The van der Waals surface area contributed by atoms with Crippen LogP contribution in [-0.2, 0) is 6.42 Å². The van der Waals surface area contributed by atoms with Gasteiger partial charge in [-0.25, -0.2) is 4.98 Å². The Morgan fingerprint density at radius 3 is 2.72 bits per heavy atom. The Kier molecular flexibility index (Phi) is 2.68. The molecule has 0 saturated carbocycles. The number of rotatable bonds is 3. The Hall–Kier alpha value is -2.36. The Balaban J connectivity index is 1.86. The fourth-order valence-corrected chi connectivity index (χ4v) is 1.93. The Bertz CT molecular complexity index is 625. The number of ether oxygens (including phenoxy) is 1. The summed E-state index contributed by atoms with van der Waals surface area (Å²) in [6.07, 6.45) is 4.32. The molecule has 0 radical (unpaired) electrons. The summed E-state index contributed by atoms with van der Waals surface area (Å²) in [6, 6.07) is 9.91. The minimum atomic E-state index is 0.776. The van der Waals surface area contributed by atoms with E-state index in [4.69, 9.17) is 4.74 Å². The fraction of sp³-hybridized carbons (Fsp3) is 0.143. The van der Waals surface area contributed by atoms with Crippen LogP contribution in [0.3, 0.4) is 0 Å². The minimum Gasteiger partial charge on any atom is -0.497 e.